The Labute approximate surface area is 87.0 Å². The van der Waals surface area contributed by atoms with Crippen LogP contribution in [0.25, 0.3) is 0 Å². The van der Waals surface area contributed by atoms with E-state index < -0.39 is 24.6 Å². The van der Waals surface area contributed by atoms with Gasteiger partial charge in [-0.1, -0.05) is 13.8 Å². The summed E-state index contributed by atoms with van der Waals surface area (Å²) in [7, 11) is 0. The highest BCUT2D eigenvalue weighted by molar-refractivity contribution is 5.75. The molecule has 15 heavy (non-hydrogen) atoms. The molecule has 0 spiro atoms. The zero-order valence-electron chi connectivity index (χ0n) is 9.02. The van der Waals surface area contributed by atoms with Crippen molar-refractivity contribution in [2.75, 3.05) is 6.61 Å². The second kappa shape index (κ2) is 5.95. The fourth-order valence-corrected chi connectivity index (χ4v) is 1.09. The molecule has 0 aliphatic rings. The maximum absolute atomic E-state index is 12.1. The van der Waals surface area contributed by atoms with E-state index in [-0.39, 0.29) is 12.6 Å². The SMILES string of the molecule is CCOC(=O)C(CC(F)(F)F)NC(C)C. The minimum absolute atomic E-state index is 0.0764. The van der Waals surface area contributed by atoms with Gasteiger partial charge in [0.25, 0.3) is 0 Å². The number of nitrogens with one attached hydrogen (secondary N) is 1. The Morgan fingerprint density at radius 1 is 1.40 bits per heavy atom. The summed E-state index contributed by atoms with van der Waals surface area (Å²) in [4.78, 5) is 11.2. The van der Waals surface area contributed by atoms with Gasteiger partial charge in [-0.05, 0) is 6.92 Å². The van der Waals surface area contributed by atoms with E-state index >= 15 is 0 Å². The molecular formula is C9H16F3NO2. The zero-order valence-corrected chi connectivity index (χ0v) is 9.02. The maximum atomic E-state index is 12.1. The first-order chi connectivity index (χ1) is 6.76. The molecule has 1 atom stereocenters. The van der Waals surface area contributed by atoms with E-state index in [4.69, 9.17) is 0 Å². The quantitative estimate of drug-likeness (QED) is 0.729. The number of hydrogen-bond donors (Lipinski definition) is 1. The minimum atomic E-state index is -4.38. The molecule has 0 fully saturated rings. The molecule has 0 saturated carbocycles. The van der Waals surface area contributed by atoms with Gasteiger partial charge in [0.15, 0.2) is 0 Å². The van der Waals surface area contributed by atoms with Gasteiger partial charge >= 0.3 is 12.1 Å². The summed E-state index contributed by atoms with van der Waals surface area (Å²) in [5.41, 5.74) is 0. The number of esters is 1. The van der Waals surface area contributed by atoms with Gasteiger partial charge in [0.1, 0.15) is 6.04 Å². The van der Waals surface area contributed by atoms with Crippen LogP contribution in [0.4, 0.5) is 13.2 Å². The van der Waals surface area contributed by atoms with Crippen molar-refractivity contribution in [2.45, 2.75) is 45.5 Å². The topological polar surface area (TPSA) is 38.3 Å². The van der Waals surface area contributed by atoms with Crippen LogP contribution in [0, 0.1) is 0 Å². The highest BCUT2D eigenvalue weighted by atomic mass is 19.4. The van der Waals surface area contributed by atoms with Gasteiger partial charge in [-0.15, -0.1) is 0 Å². The summed E-state index contributed by atoms with van der Waals surface area (Å²) in [6, 6.07) is -1.52. The number of ether oxygens (including phenoxy) is 1. The molecule has 90 valence electrons. The third-order valence-corrected chi connectivity index (χ3v) is 1.54. The van der Waals surface area contributed by atoms with Crippen molar-refractivity contribution in [1.29, 1.82) is 0 Å². The molecule has 0 bridgehead atoms. The summed E-state index contributed by atoms with van der Waals surface area (Å²) in [6.07, 6.45) is -5.58. The second-order valence-electron chi connectivity index (χ2n) is 3.45. The van der Waals surface area contributed by atoms with Gasteiger partial charge in [0, 0.05) is 6.04 Å². The van der Waals surface area contributed by atoms with Crippen molar-refractivity contribution >= 4 is 5.97 Å². The third kappa shape index (κ3) is 7.18. The third-order valence-electron chi connectivity index (χ3n) is 1.54. The smallest absolute Gasteiger partial charge is 0.391 e. The first-order valence-corrected chi connectivity index (χ1v) is 4.75. The van der Waals surface area contributed by atoms with Crippen LogP contribution >= 0.6 is 0 Å². The van der Waals surface area contributed by atoms with E-state index in [0.717, 1.165) is 0 Å². The Kier molecular flexibility index (Phi) is 5.64. The zero-order chi connectivity index (χ0) is 12.1. The Bertz CT molecular complexity index is 204. The molecule has 0 aromatic heterocycles. The molecule has 0 aromatic rings. The number of carbonyl (C=O) groups excluding carboxylic acids is 1. The Morgan fingerprint density at radius 2 is 1.93 bits per heavy atom. The van der Waals surface area contributed by atoms with Crippen LogP contribution in [0.1, 0.15) is 27.2 Å². The Morgan fingerprint density at radius 3 is 2.27 bits per heavy atom. The van der Waals surface area contributed by atoms with Crippen LogP contribution in [0.5, 0.6) is 0 Å². The first kappa shape index (κ1) is 14.2. The molecule has 0 rings (SSSR count). The van der Waals surface area contributed by atoms with Gasteiger partial charge in [-0.3, -0.25) is 4.79 Å². The van der Waals surface area contributed by atoms with E-state index in [1.165, 1.54) is 0 Å². The lowest BCUT2D eigenvalue weighted by Gasteiger charge is -2.20. The average molecular weight is 227 g/mol. The molecule has 3 nitrogen and oxygen atoms in total. The molecule has 0 heterocycles. The van der Waals surface area contributed by atoms with Gasteiger partial charge in [-0.25, -0.2) is 0 Å². The van der Waals surface area contributed by atoms with E-state index in [1.807, 2.05) is 0 Å². The van der Waals surface area contributed by atoms with Gasteiger partial charge in [-0.2, -0.15) is 13.2 Å². The molecule has 0 aliphatic heterocycles. The fraction of sp³-hybridized carbons (Fsp3) is 0.889. The van der Waals surface area contributed by atoms with Crippen LogP contribution < -0.4 is 5.32 Å². The number of hydrogen-bond acceptors (Lipinski definition) is 3. The van der Waals surface area contributed by atoms with Crippen molar-refractivity contribution in [3.63, 3.8) is 0 Å². The van der Waals surface area contributed by atoms with Crippen LogP contribution in [0.15, 0.2) is 0 Å². The van der Waals surface area contributed by atoms with E-state index in [1.54, 1.807) is 20.8 Å². The lowest BCUT2D eigenvalue weighted by Crippen LogP contribution is -2.44. The predicted molar refractivity (Wildman–Crippen MR) is 49.4 cm³/mol. The molecule has 0 aliphatic carbocycles. The molecule has 6 heteroatoms. The van der Waals surface area contributed by atoms with Gasteiger partial charge in [0.2, 0.25) is 0 Å². The highest BCUT2D eigenvalue weighted by Crippen LogP contribution is 2.22. The highest BCUT2D eigenvalue weighted by Gasteiger charge is 2.36. The molecule has 0 aromatic carbocycles. The molecule has 1 N–H and O–H groups in total. The number of alkyl halides is 3. The average Bonchev–Trinajstić information content (AvgIpc) is 1.99. The van der Waals surface area contributed by atoms with Crippen LogP contribution in [0.3, 0.4) is 0 Å². The summed E-state index contributed by atoms with van der Waals surface area (Å²) in [5, 5.41) is 2.53. The largest absolute Gasteiger partial charge is 0.465 e. The molecular weight excluding hydrogens is 211 g/mol. The normalized spacial score (nSPS) is 14.1. The first-order valence-electron chi connectivity index (χ1n) is 4.75. The summed E-state index contributed by atoms with van der Waals surface area (Å²) < 4.78 is 40.9. The van der Waals surface area contributed by atoms with Crippen molar-refractivity contribution in [3.05, 3.63) is 0 Å². The molecule has 0 radical (unpaired) electrons. The minimum Gasteiger partial charge on any atom is -0.465 e. The lowest BCUT2D eigenvalue weighted by atomic mass is 10.2. The predicted octanol–water partition coefficient (Wildman–Crippen LogP) is 1.87. The molecule has 1 unspecified atom stereocenters. The second-order valence-corrected chi connectivity index (χ2v) is 3.45. The van der Waals surface area contributed by atoms with Crippen LogP contribution in [-0.4, -0.2) is 30.8 Å². The van der Waals surface area contributed by atoms with Crippen LogP contribution in [0.2, 0.25) is 0 Å². The fourth-order valence-electron chi connectivity index (χ4n) is 1.09. The lowest BCUT2D eigenvalue weighted by molar-refractivity contribution is -0.162. The van der Waals surface area contributed by atoms with Crippen molar-refractivity contribution in [1.82, 2.24) is 5.32 Å². The maximum Gasteiger partial charge on any atom is 0.391 e. The number of rotatable bonds is 5. The van der Waals surface area contributed by atoms with E-state index in [9.17, 15) is 18.0 Å². The van der Waals surface area contributed by atoms with E-state index in [2.05, 4.69) is 10.1 Å². The van der Waals surface area contributed by atoms with Gasteiger partial charge in [0.05, 0.1) is 13.0 Å². The van der Waals surface area contributed by atoms with E-state index in [0.29, 0.717) is 0 Å². The standard InChI is InChI=1S/C9H16F3NO2/c1-4-15-8(14)7(13-6(2)3)5-9(10,11)12/h6-7,13H,4-5H2,1-3H3. The molecule has 0 amide bonds. The monoisotopic (exact) mass is 227 g/mol. The summed E-state index contributed by atoms with van der Waals surface area (Å²) in [5.74, 6) is -0.858. The summed E-state index contributed by atoms with van der Waals surface area (Å²) in [6.45, 7) is 4.97. The Hall–Kier alpha value is -0.780. The van der Waals surface area contributed by atoms with Crippen LogP contribution in [-0.2, 0) is 9.53 Å². The van der Waals surface area contributed by atoms with Crippen molar-refractivity contribution in [3.8, 4) is 0 Å². The van der Waals surface area contributed by atoms with Crippen molar-refractivity contribution < 1.29 is 22.7 Å². The van der Waals surface area contributed by atoms with Gasteiger partial charge < -0.3 is 10.1 Å². The van der Waals surface area contributed by atoms with Crippen molar-refractivity contribution in [2.24, 2.45) is 0 Å². The summed E-state index contributed by atoms with van der Waals surface area (Å²) >= 11 is 0. The number of halogens is 3. The Balaban J connectivity index is 4.37. The molecule has 0 saturated heterocycles. The number of carbonyl (C=O) groups is 1.